The van der Waals surface area contributed by atoms with Crippen molar-refractivity contribution in [1.29, 1.82) is 5.26 Å². The molecule has 30 heavy (non-hydrogen) atoms. The van der Waals surface area contributed by atoms with Crippen LogP contribution in [0.1, 0.15) is 35.3 Å². The standard InChI is InChI=1S/C25H24N2O2S/c1-18(2)30-23-13-9-20(10-14-23)25(28)27-24-6-4-3-5-21(24)17-29-22-11-7-19(8-12-22)15-16-26/h3-14,18H,15,17H2,1-2H3,(H,27,28). The van der Waals surface area contributed by atoms with Crippen molar-refractivity contribution < 1.29 is 9.53 Å². The second-order valence-electron chi connectivity index (χ2n) is 7.07. The highest BCUT2D eigenvalue weighted by molar-refractivity contribution is 7.99. The molecule has 3 aromatic rings. The molecule has 0 heterocycles. The first-order valence-corrected chi connectivity index (χ1v) is 10.7. The van der Waals surface area contributed by atoms with E-state index in [4.69, 9.17) is 10.00 Å². The Hall–Kier alpha value is -3.23. The minimum absolute atomic E-state index is 0.149. The van der Waals surface area contributed by atoms with Gasteiger partial charge in [-0.25, -0.2) is 0 Å². The summed E-state index contributed by atoms with van der Waals surface area (Å²) in [7, 11) is 0. The Kier molecular flexibility index (Phi) is 7.53. The molecule has 5 heteroatoms. The second-order valence-corrected chi connectivity index (χ2v) is 8.72. The van der Waals surface area contributed by atoms with Crippen LogP contribution >= 0.6 is 11.8 Å². The fourth-order valence-electron chi connectivity index (χ4n) is 2.88. The molecular weight excluding hydrogens is 392 g/mol. The highest BCUT2D eigenvalue weighted by Gasteiger charge is 2.10. The van der Waals surface area contributed by atoms with Crippen molar-refractivity contribution in [1.82, 2.24) is 0 Å². The van der Waals surface area contributed by atoms with Gasteiger partial charge in [0, 0.05) is 27.0 Å². The van der Waals surface area contributed by atoms with Crippen LogP contribution in [0.2, 0.25) is 0 Å². The third kappa shape index (κ3) is 6.13. The van der Waals surface area contributed by atoms with E-state index in [2.05, 4.69) is 25.2 Å². The van der Waals surface area contributed by atoms with Crippen LogP contribution in [-0.4, -0.2) is 11.2 Å². The smallest absolute Gasteiger partial charge is 0.255 e. The lowest BCUT2D eigenvalue weighted by atomic mass is 10.1. The van der Waals surface area contributed by atoms with Crippen LogP contribution in [0.3, 0.4) is 0 Å². The van der Waals surface area contributed by atoms with Crippen LogP contribution in [0, 0.1) is 11.3 Å². The number of ether oxygens (including phenoxy) is 1. The third-order valence-corrected chi connectivity index (χ3v) is 5.37. The molecule has 0 unspecified atom stereocenters. The Morgan fingerprint density at radius 1 is 1.03 bits per heavy atom. The molecule has 0 bridgehead atoms. The first-order chi connectivity index (χ1) is 14.5. The van der Waals surface area contributed by atoms with E-state index in [1.165, 1.54) is 0 Å². The van der Waals surface area contributed by atoms with Crippen LogP contribution in [0.5, 0.6) is 5.75 Å². The number of carbonyl (C=O) groups is 1. The Morgan fingerprint density at radius 3 is 2.40 bits per heavy atom. The molecule has 0 aliphatic carbocycles. The molecule has 0 atom stereocenters. The molecule has 1 N–H and O–H groups in total. The van der Waals surface area contributed by atoms with Crippen LogP contribution in [0.25, 0.3) is 0 Å². The van der Waals surface area contributed by atoms with E-state index in [0.29, 0.717) is 23.8 Å². The molecule has 0 aliphatic rings. The number of benzene rings is 3. The average molecular weight is 417 g/mol. The van der Waals surface area contributed by atoms with Gasteiger partial charge in [0.15, 0.2) is 0 Å². The molecule has 152 valence electrons. The normalized spacial score (nSPS) is 10.5. The number of amides is 1. The fraction of sp³-hybridized carbons (Fsp3) is 0.200. The molecule has 0 spiro atoms. The minimum Gasteiger partial charge on any atom is -0.489 e. The SMILES string of the molecule is CC(C)Sc1ccc(C(=O)Nc2ccccc2COc2ccc(CC#N)cc2)cc1. The molecule has 4 nitrogen and oxygen atoms in total. The third-order valence-electron chi connectivity index (χ3n) is 4.35. The number of anilines is 1. The number of hydrogen-bond donors (Lipinski definition) is 1. The molecule has 3 rings (SSSR count). The number of nitriles is 1. The highest BCUT2D eigenvalue weighted by Crippen LogP contribution is 2.24. The fourth-order valence-corrected chi connectivity index (χ4v) is 3.71. The zero-order valence-electron chi connectivity index (χ0n) is 17.1. The van der Waals surface area contributed by atoms with Crippen molar-refractivity contribution in [3.05, 3.63) is 89.5 Å². The lowest BCUT2D eigenvalue weighted by Gasteiger charge is -2.13. The summed E-state index contributed by atoms with van der Waals surface area (Å²) >= 11 is 1.77. The van der Waals surface area contributed by atoms with Crippen molar-refractivity contribution in [2.75, 3.05) is 5.32 Å². The summed E-state index contributed by atoms with van der Waals surface area (Å²) in [6, 6.07) is 24.9. The Balaban J connectivity index is 1.64. The van der Waals surface area contributed by atoms with Crippen molar-refractivity contribution >= 4 is 23.4 Å². The van der Waals surface area contributed by atoms with Gasteiger partial charge in [-0.1, -0.05) is 44.2 Å². The second kappa shape index (κ2) is 10.5. The van der Waals surface area contributed by atoms with Gasteiger partial charge >= 0.3 is 0 Å². The maximum atomic E-state index is 12.7. The molecular formula is C25H24N2O2S. The van der Waals surface area contributed by atoms with Crippen molar-refractivity contribution in [3.63, 3.8) is 0 Å². The largest absolute Gasteiger partial charge is 0.489 e. The summed E-state index contributed by atoms with van der Waals surface area (Å²) in [4.78, 5) is 13.8. The van der Waals surface area contributed by atoms with Crippen LogP contribution in [0.15, 0.2) is 77.7 Å². The molecule has 0 aliphatic heterocycles. The summed E-state index contributed by atoms with van der Waals surface area (Å²) in [5, 5.41) is 12.2. The number of thioether (sulfide) groups is 1. The molecule has 0 saturated carbocycles. The van der Waals surface area contributed by atoms with E-state index in [-0.39, 0.29) is 5.91 Å². The molecule has 3 aromatic carbocycles. The number of carbonyl (C=O) groups excluding carboxylic acids is 1. The van der Waals surface area contributed by atoms with Crippen molar-refractivity contribution in [2.24, 2.45) is 0 Å². The summed E-state index contributed by atoms with van der Waals surface area (Å²) in [6.45, 7) is 4.62. The molecule has 0 aromatic heterocycles. The lowest BCUT2D eigenvalue weighted by molar-refractivity contribution is 0.102. The van der Waals surface area contributed by atoms with Gasteiger partial charge in [-0.3, -0.25) is 4.79 Å². The first-order valence-electron chi connectivity index (χ1n) is 9.80. The minimum atomic E-state index is -0.149. The maximum Gasteiger partial charge on any atom is 0.255 e. The quantitative estimate of drug-likeness (QED) is 0.452. The van der Waals surface area contributed by atoms with Gasteiger partial charge in [-0.05, 0) is 48.0 Å². The summed E-state index contributed by atoms with van der Waals surface area (Å²) in [6.07, 6.45) is 0.381. The number of rotatable bonds is 8. The zero-order chi connectivity index (χ0) is 21.3. The topological polar surface area (TPSA) is 62.1 Å². The number of hydrogen-bond acceptors (Lipinski definition) is 4. The molecule has 1 amide bonds. The first kappa shape index (κ1) is 21.5. The summed E-state index contributed by atoms with van der Waals surface area (Å²) in [5.41, 5.74) is 3.19. The van der Waals surface area contributed by atoms with Gasteiger partial charge < -0.3 is 10.1 Å². The summed E-state index contributed by atoms with van der Waals surface area (Å²) in [5.74, 6) is 0.570. The maximum absolute atomic E-state index is 12.7. The van der Waals surface area contributed by atoms with E-state index < -0.39 is 0 Å². The number of nitrogens with zero attached hydrogens (tertiary/aromatic N) is 1. The predicted molar refractivity (Wildman–Crippen MR) is 122 cm³/mol. The van der Waals surface area contributed by atoms with Gasteiger partial charge in [0.2, 0.25) is 0 Å². The zero-order valence-corrected chi connectivity index (χ0v) is 17.9. The summed E-state index contributed by atoms with van der Waals surface area (Å²) < 4.78 is 5.87. The Labute approximate surface area is 181 Å². The average Bonchev–Trinajstić information content (AvgIpc) is 2.74. The molecule has 0 fully saturated rings. The van der Waals surface area contributed by atoms with Gasteiger partial charge in [0.1, 0.15) is 12.4 Å². The van der Waals surface area contributed by atoms with Crippen LogP contribution in [0.4, 0.5) is 5.69 Å². The Morgan fingerprint density at radius 2 is 1.73 bits per heavy atom. The van der Waals surface area contributed by atoms with E-state index in [1.807, 2.05) is 72.8 Å². The molecule has 0 radical (unpaired) electrons. The van der Waals surface area contributed by atoms with E-state index in [0.717, 1.165) is 27.5 Å². The highest BCUT2D eigenvalue weighted by atomic mass is 32.2. The van der Waals surface area contributed by atoms with Gasteiger partial charge in [0.05, 0.1) is 12.5 Å². The monoisotopic (exact) mass is 416 g/mol. The van der Waals surface area contributed by atoms with E-state index in [1.54, 1.807) is 11.8 Å². The lowest BCUT2D eigenvalue weighted by Crippen LogP contribution is -2.13. The van der Waals surface area contributed by atoms with Crippen molar-refractivity contribution in [3.8, 4) is 11.8 Å². The van der Waals surface area contributed by atoms with Gasteiger partial charge in [-0.2, -0.15) is 5.26 Å². The van der Waals surface area contributed by atoms with E-state index >= 15 is 0 Å². The predicted octanol–water partition coefficient (Wildman–Crippen LogP) is 6.08. The van der Waals surface area contributed by atoms with E-state index in [9.17, 15) is 4.79 Å². The van der Waals surface area contributed by atoms with Crippen LogP contribution < -0.4 is 10.1 Å². The van der Waals surface area contributed by atoms with Crippen molar-refractivity contribution in [2.45, 2.75) is 37.0 Å². The van der Waals surface area contributed by atoms with Gasteiger partial charge in [-0.15, -0.1) is 11.8 Å². The number of nitrogens with one attached hydrogen (secondary N) is 1. The molecule has 0 saturated heterocycles. The van der Waals surface area contributed by atoms with Crippen LogP contribution in [-0.2, 0) is 13.0 Å². The van der Waals surface area contributed by atoms with Gasteiger partial charge in [0.25, 0.3) is 5.91 Å². The Bertz CT molecular complexity index is 1020. The number of para-hydroxylation sites is 1.